The van der Waals surface area contributed by atoms with Crippen molar-refractivity contribution in [2.45, 2.75) is 32.1 Å². The molecule has 0 amide bonds. The molecule has 2 aromatic rings. The number of nitrogens with zero attached hydrogens (tertiary/aromatic N) is 1. The third-order valence-electron chi connectivity index (χ3n) is 4.87. The molecule has 1 aromatic carbocycles. The topological polar surface area (TPSA) is 52.9 Å². The predicted molar refractivity (Wildman–Crippen MR) is 99.8 cm³/mol. The van der Waals surface area contributed by atoms with E-state index in [9.17, 15) is 10.1 Å². The van der Waals surface area contributed by atoms with Crippen LogP contribution in [0.4, 0.5) is 0 Å². The van der Waals surface area contributed by atoms with Crippen LogP contribution in [0.2, 0.25) is 0 Å². The highest BCUT2D eigenvalue weighted by molar-refractivity contribution is 7.15. The van der Waals surface area contributed by atoms with Crippen LogP contribution in [0.15, 0.2) is 65.0 Å². The number of Topliss-reactive ketones (excluding diaryl/α,β-unsaturated/α-hetero) is 1. The molecule has 0 bridgehead atoms. The molecule has 4 rings (SSSR count). The van der Waals surface area contributed by atoms with Gasteiger partial charge in [-0.25, -0.2) is 0 Å². The summed E-state index contributed by atoms with van der Waals surface area (Å²) in [5.41, 5.74) is 4.50. The third-order valence-corrected chi connectivity index (χ3v) is 6.07. The number of dihydropyridines is 1. The Kier molecular flexibility index (Phi) is 4.03. The zero-order valence-electron chi connectivity index (χ0n) is 14.0. The Labute approximate surface area is 151 Å². The van der Waals surface area contributed by atoms with E-state index in [1.54, 1.807) is 11.3 Å². The molecule has 0 spiro atoms. The lowest BCUT2D eigenvalue weighted by atomic mass is 9.78. The molecule has 0 fully saturated rings. The van der Waals surface area contributed by atoms with Crippen molar-refractivity contribution in [2.75, 3.05) is 0 Å². The van der Waals surface area contributed by atoms with E-state index in [0.29, 0.717) is 12.0 Å². The largest absolute Gasteiger partial charge is 0.361 e. The number of hydrogen-bond donors (Lipinski definition) is 1. The van der Waals surface area contributed by atoms with Gasteiger partial charge in [0.25, 0.3) is 0 Å². The van der Waals surface area contributed by atoms with Crippen molar-refractivity contribution in [3.8, 4) is 16.5 Å². The van der Waals surface area contributed by atoms with Crippen LogP contribution in [0.25, 0.3) is 10.4 Å². The number of ketones is 1. The molecular weight excluding hydrogens is 328 g/mol. The normalized spacial score (nSPS) is 20.2. The summed E-state index contributed by atoms with van der Waals surface area (Å²) in [7, 11) is 0. The molecule has 1 aliphatic heterocycles. The standard InChI is InChI=1S/C21H18N2OS/c1-13-15(12-22)20(21-16(23-13)8-5-9-17(21)24)19-11-10-18(25-19)14-6-3-2-4-7-14/h2-4,6-7,10-11,20,23H,5,8-9H2,1H3/t20-/m1/s1. The van der Waals surface area contributed by atoms with Crippen molar-refractivity contribution in [3.05, 3.63) is 69.9 Å². The summed E-state index contributed by atoms with van der Waals surface area (Å²) in [5, 5.41) is 13.0. The first-order valence-electron chi connectivity index (χ1n) is 8.48. The van der Waals surface area contributed by atoms with E-state index in [1.165, 1.54) is 0 Å². The Morgan fingerprint density at radius 2 is 1.96 bits per heavy atom. The van der Waals surface area contributed by atoms with Crippen LogP contribution < -0.4 is 5.32 Å². The second-order valence-electron chi connectivity index (χ2n) is 6.45. The maximum absolute atomic E-state index is 12.6. The molecule has 1 aliphatic carbocycles. The zero-order chi connectivity index (χ0) is 17.4. The monoisotopic (exact) mass is 346 g/mol. The maximum Gasteiger partial charge on any atom is 0.161 e. The lowest BCUT2D eigenvalue weighted by molar-refractivity contribution is -0.116. The van der Waals surface area contributed by atoms with Gasteiger partial charge in [0.1, 0.15) is 0 Å². The molecule has 3 nitrogen and oxygen atoms in total. The summed E-state index contributed by atoms with van der Waals surface area (Å²) in [6.07, 6.45) is 2.34. The average molecular weight is 346 g/mol. The average Bonchev–Trinajstić information content (AvgIpc) is 3.11. The van der Waals surface area contributed by atoms with Crippen molar-refractivity contribution < 1.29 is 4.79 Å². The number of carbonyl (C=O) groups is 1. The number of nitrogens with one attached hydrogen (secondary N) is 1. The van der Waals surface area contributed by atoms with Crippen LogP contribution in [0.5, 0.6) is 0 Å². The van der Waals surface area contributed by atoms with Gasteiger partial charge in [-0.3, -0.25) is 4.79 Å². The van der Waals surface area contributed by atoms with Gasteiger partial charge >= 0.3 is 0 Å². The van der Waals surface area contributed by atoms with Crippen LogP contribution >= 0.6 is 11.3 Å². The summed E-state index contributed by atoms with van der Waals surface area (Å²) in [5.74, 6) is -0.0508. The summed E-state index contributed by atoms with van der Waals surface area (Å²) >= 11 is 1.67. The lowest BCUT2D eigenvalue weighted by Crippen LogP contribution is -2.30. The minimum absolute atomic E-state index is 0.175. The maximum atomic E-state index is 12.6. The summed E-state index contributed by atoms with van der Waals surface area (Å²) in [6.45, 7) is 1.93. The first kappa shape index (κ1) is 15.9. The number of rotatable bonds is 2. The van der Waals surface area contributed by atoms with Gasteiger partial charge in [0, 0.05) is 33.1 Å². The number of benzene rings is 1. The molecule has 0 unspecified atom stereocenters. The Hall–Kier alpha value is -2.64. The Morgan fingerprint density at radius 3 is 2.72 bits per heavy atom. The van der Waals surface area contributed by atoms with Crippen molar-refractivity contribution in [1.82, 2.24) is 5.32 Å². The quantitative estimate of drug-likeness (QED) is 0.841. The lowest BCUT2D eigenvalue weighted by Gasteiger charge is -2.32. The predicted octanol–water partition coefficient (Wildman–Crippen LogP) is 4.91. The number of hydrogen-bond acceptors (Lipinski definition) is 4. The van der Waals surface area contributed by atoms with Crippen molar-refractivity contribution in [1.29, 1.82) is 5.26 Å². The molecule has 2 aliphatic rings. The molecule has 1 N–H and O–H groups in total. The van der Waals surface area contributed by atoms with E-state index in [-0.39, 0.29) is 11.7 Å². The molecule has 25 heavy (non-hydrogen) atoms. The fourth-order valence-electron chi connectivity index (χ4n) is 3.68. The molecule has 1 atom stereocenters. The van der Waals surface area contributed by atoms with Crippen molar-refractivity contribution in [2.24, 2.45) is 0 Å². The van der Waals surface area contributed by atoms with Crippen LogP contribution in [0, 0.1) is 11.3 Å². The number of allylic oxidation sites excluding steroid dienone is 4. The smallest absolute Gasteiger partial charge is 0.161 e. The molecule has 0 radical (unpaired) electrons. The fraction of sp³-hybridized carbons (Fsp3) is 0.238. The first-order chi connectivity index (χ1) is 12.2. The van der Waals surface area contributed by atoms with Gasteiger partial charge in [0.2, 0.25) is 0 Å². The number of nitriles is 1. The van der Waals surface area contributed by atoms with Crippen LogP contribution in [0.1, 0.15) is 37.0 Å². The summed E-state index contributed by atoms with van der Waals surface area (Å²) in [6, 6.07) is 16.7. The molecule has 1 aromatic heterocycles. The van der Waals surface area contributed by atoms with E-state index >= 15 is 0 Å². The third kappa shape index (κ3) is 2.71. The zero-order valence-corrected chi connectivity index (χ0v) is 14.8. The van der Waals surface area contributed by atoms with Gasteiger partial charge in [0.15, 0.2) is 5.78 Å². The second-order valence-corrected chi connectivity index (χ2v) is 7.56. The highest BCUT2D eigenvalue weighted by Crippen LogP contribution is 2.45. The van der Waals surface area contributed by atoms with E-state index in [1.807, 2.05) is 25.1 Å². The van der Waals surface area contributed by atoms with Crippen molar-refractivity contribution >= 4 is 17.1 Å². The summed E-state index contributed by atoms with van der Waals surface area (Å²) < 4.78 is 0. The molecule has 124 valence electrons. The van der Waals surface area contributed by atoms with E-state index in [4.69, 9.17) is 0 Å². The first-order valence-corrected chi connectivity index (χ1v) is 9.30. The highest BCUT2D eigenvalue weighted by atomic mass is 32.1. The SMILES string of the molecule is CC1=C(C#N)[C@H](c2ccc(-c3ccccc3)s2)C2=C(CCCC2=O)N1. The van der Waals surface area contributed by atoms with Gasteiger partial charge in [0.05, 0.1) is 17.6 Å². The minimum Gasteiger partial charge on any atom is -0.361 e. The Morgan fingerprint density at radius 1 is 1.16 bits per heavy atom. The van der Waals surface area contributed by atoms with Gasteiger partial charge in [-0.1, -0.05) is 30.3 Å². The van der Waals surface area contributed by atoms with Crippen molar-refractivity contribution in [3.63, 3.8) is 0 Å². The van der Waals surface area contributed by atoms with Gasteiger partial charge in [-0.05, 0) is 37.5 Å². The minimum atomic E-state index is -0.225. The molecule has 2 heterocycles. The van der Waals surface area contributed by atoms with E-state index < -0.39 is 0 Å². The van der Waals surface area contributed by atoms with E-state index in [0.717, 1.165) is 45.1 Å². The fourth-order valence-corrected chi connectivity index (χ4v) is 4.81. The second kappa shape index (κ2) is 6.34. The van der Waals surface area contributed by atoms with E-state index in [2.05, 4.69) is 35.7 Å². The molecule has 4 heteroatoms. The molecular formula is C21H18N2OS. The Balaban J connectivity index is 1.82. The number of carbonyl (C=O) groups excluding carboxylic acids is 1. The van der Waals surface area contributed by atoms with Gasteiger partial charge in [-0.15, -0.1) is 11.3 Å². The van der Waals surface area contributed by atoms with Crippen LogP contribution in [0.3, 0.4) is 0 Å². The van der Waals surface area contributed by atoms with Gasteiger partial charge < -0.3 is 5.32 Å². The Bertz CT molecular complexity index is 944. The number of thiophene rings is 1. The van der Waals surface area contributed by atoms with Gasteiger partial charge in [-0.2, -0.15) is 5.26 Å². The highest BCUT2D eigenvalue weighted by Gasteiger charge is 2.36. The summed E-state index contributed by atoms with van der Waals surface area (Å²) in [4.78, 5) is 14.9. The van der Waals surface area contributed by atoms with Crippen LogP contribution in [-0.2, 0) is 4.79 Å². The molecule has 0 saturated heterocycles. The van der Waals surface area contributed by atoms with Crippen LogP contribution in [-0.4, -0.2) is 5.78 Å². The molecule has 0 saturated carbocycles.